The molecule has 0 radical (unpaired) electrons. The van der Waals surface area contributed by atoms with Crippen molar-refractivity contribution in [1.29, 1.82) is 0 Å². The summed E-state index contributed by atoms with van der Waals surface area (Å²) in [6.07, 6.45) is -1.46. The lowest BCUT2D eigenvalue weighted by Gasteiger charge is -2.02. The molecule has 12 heavy (non-hydrogen) atoms. The number of nitrogens with two attached hydrogens (primary N) is 1. The topological polar surface area (TPSA) is 56.0 Å². The van der Waals surface area contributed by atoms with Crippen molar-refractivity contribution in [2.24, 2.45) is 0 Å². The average Bonchev–Trinajstić information content (AvgIpc) is 2.03. The summed E-state index contributed by atoms with van der Waals surface area (Å²) in [6, 6.07) is 1.12. The van der Waals surface area contributed by atoms with Crippen LogP contribution < -0.4 is 5.73 Å². The number of nitrogens with zero attached hydrogens (tertiary/aromatic N) is 1. The fourth-order valence-electron chi connectivity index (χ4n) is 0.783. The van der Waals surface area contributed by atoms with Gasteiger partial charge in [-0.15, -0.1) is 0 Å². The summed E-state index contributed by atoms with van der Waals surface area (Å²) in [4.78, 5) is 13.7. The van der Waals surface area contributed by atoms with E-state index in [0.29, 0.717) is 6.29 Å². The van der Waals surface area contributed by atoms with Gasteiger partial charge in [0.25, 0.3) is 6.43 Å². The van der Waals surface area contributed by atoms with Crippen LogP contribution in [0.5, 0.6) is 0 Å². The van der Waals surface area contributed by atoms with Gasteiger partial charge in [0.1, 0.15) is 5.82 Å². The predicted octanol–water partition coefficient (Wildman–Crippen LogP) is 1.41. The summed E-state index contributed by atoms with van der Waals surface area (Å²) in [6.45, 7) is 0. The molecule has 0 saturated heterocycles. The van der Waals surface area contributed by atoms with Crippen LogP contribution in [0.15, 0.2) is 12.3 Å². The molecular formula is C7H6F2N2O. The first-order valence-electron chi connectivity index (χ1n) is 3.14. The molecule has 0 fully saturated rings. The number of halogens is 2. The first kappa shape index (κ1) is 8.58. The monoisotopic (exact) mass is 172 g/mol. The lowest BCUT2D eigenvalue weighted by Crippen LogP contribution is -1.98. The number of alkyl halides is 2. The van der Waals surface area contributed by atoms with E-state index in [1.807, 2.05) is 0 Å². The summed E-state index contributed by atoms with van der Waals surface area (Å²) in [5.41, 5.74) is 4.69. The Kier molecular flexibility index (Phi) is 2.32. The molecule has 1 aromatic rings. The molecule has 0 amide bonds. The van der Waals surface area contributed by atoms with Crippen LogP contribution in [-0.2, 0) is 0 Å². The maximum Gasteiger partial charge on any atom is 0.266 e. The minimum Gasteiger partial charge on any atom is -0.384 e. The van der Waals surface area contributed by atoms with Crippen molar-refractivity contribution in [3.05, 3.63) is 23.4 Å². The predicted molar refractivity (Wildman–Crippen MR) is 39.0 cm³/mol. The van der Waals surface area contributed by atoms with Gasteiger partial charge in [-0.1, -0.05) is 0 Å². The Morgan fingerprint density at radius 3 is 2.75 bits per heavy atom. The van der Waals surface area contributed by atoms with Gasteiger partial charge in [0, 0.05) is 17.3 Å². The number of rotatable bonds is 2. The Balaban J connectivity index is 3.20. The molecular weight excluding hydrogens is 166 g/mol. The van der Waals surface area contributed by atoms with Gasteiger partial charge in [0.15, 0.2) is 6.29 Å². The van der Waals surface area contributed by atoms with Gasteiger partial charge < -0.3 is 5.73 Å². The van der Waals surface area contributed by atoms with Crippen LogP contribution in [0.1, 0.15) is 22.3 Å². The SMILES string of the molecule is Nc1cc(C=O)c(C(F)F)cn1. The van der Waals surface area contributed by atoms with Gasteiger partial charge >= 0.3 is 0 Å². The molecule has 0 aliphatic heterocycles. The Labute approximate surface area is 67.2 Å². The van der Waals surface area contributed by atoms with Crippen LogP contribution in [0.2, 0.25) is 0 Å². The molecule has 2 N–H and O–H groups in total. The zero-order chi connectivity index (χ0) is 9.14. The quantitative estimate of drug-likeness (QED) is 0.686. The number of anilines is 1. The summed E-state index contributed by atoms with van der Waals surface area (Å²) in [5, 5.41) is 0. The number of aromatic nitrogens is 1. The van der Waals surface area contributed by atoms with Crippen molar-refractivity contribution in [3.63, 3.8) is 0 Å². The third-order valence-corrected chi connectivity index (χ3v) is 1.35. The molecule has 0 saturated carbocycles. The second-order valence-electron chi connectivity index (χ2n) is 2.16. The zero-order valence-electron chi connectivity index (χ0n) is 6.00. The summed E-state index contributed by atoms with van der Waals surface area (Å²) >= 11 is 0. The van der Waals surface area contributed by atoms with Gasteiger partial charge in [-0.3, -0.25) is 4.79 Å². The molecule has 0 unspecified atom stereocenters. The van der Waals surface area contributed by atoms with Crippen LogP contribution >= 0.6 is 0 Å². The Bertz CT molecular complexity index is 301. The van der Waals surface area contributed by atoms with E-state index in [4.69, 9.17) is 5.73 Å². The van der Waals surface area contributed by atoms with Gasteiger partial charge in [-0.05, 0) is 6.07 Å². The normalized spacial score (nSPS) is 10.2. The van der Waals surface area contributed by atoms with Crippen molar-refractivity contribution < 1.29 is 13.6 Å². The molecule has 0 spiro atoms. The standard InChI is InChI=1S/C7H6F2N2O/c8-7(9)5-2-11-6(10)1-4(5)3-12/h1-3,7H,(H2,10,11). The maximum absolute atomic E-state index is 12.1. The summed E-state index contributed by atoms with van der Waals surface area (Å²) in [7, 11) is 0. The molecule has 1 heterocycles. The summed E-state index contributed by atoms with van der Waals surface area (Å²) < 4.78 is 24.2. The van der Waals surface area contributed by atoms with Crippen LogP contribution in [0.4, 0.5) is 14.6 Å². The average molecular weight is 172 g/mol. The molecule has 1 rings (SSSR count). The molecule has 64 valence electrons. The molecule has 0 aliphatic carbocycles. The zero-order valence-corrected chi connectivity index (χ0v) is 6.00. The van der Waals surface area contributed by atoms with Crippen LogP contribution in [-0.4, -0.2) is 11.3 Å². The third kappa shape index (κ3) is 1.55. The number of carbonyl (C=O) groups is 1. The van der Waals surface area contributed by atoms with Gasteiger partial charge in [-0.25, -0.2) is 13.8 Å². The first-order chi connectivity index (χ1) is 5.65. The molecule has 3 nitrogen and oxygen atoms in total. The third-order valence-electron chi connectivity index (χ3n) is 1.35. The smallest absolute Gasteiger partial charge is 0.266 e. The number of carbonyl (C=O) groups excluding carboxylic acids is 1. The van der Waals surface area contributed by atoms with E-state index >= 15 is 0 Å². The summed E-state index contributed by atoms with van der Waals surface area (Å²) in [5.74, 6) is 0.0569. The lowest BCUT2D eigenvalue weighted by molar-refractivity contribution is 0.110. The Morgan fingerprint density at radius 2 is 2.25 bits per heavy atom. The minimum atomic E-state index is -2.70. The van der Waals surface area contributed by atoms with Crippen molar-refractivity contribution in [2.45, 2.75) is 6.43 Å². The van der Waals surface area contributed by atoms with Crippen molar-refractivity contribution >= 4 is 12.1 Å². The van der Waals surface area contributed by atoms with Gasteiger partial charge in [-0.2, -0.15) is 0 Å². The minimum absolute atomic E-state index is 0.0569. The molecule has 0 bridgehead atoms. The van der Waals surface area contributed by atoms with E-state index in [2.05, 4.69) is 4.98 Å². The molecule has 0 atom stereocenters. The molecule has 1 aromatic heterocycles. The number of hydrogen-bond donors (Lipinski definition) is 1. The largest absolute Gasteiger partial charge is 0.384 e. The van der Waals surface area contributed by atoms with E-state index in [9.17, 15) is 13.6 Å². The van der Waals surface area contributed by atoms with Crippen LogP contribution in [0, 0.1) is 0 Å². The van der Waals surface area contributed by atoms with Crippen molar-refractivity contribution in [2.75, 3.05) is 5.73 Å². The fraction of sp³-hybridized carbons (Fsp3) is 0.143. The second-order valence-corrected chi connectivity index (χ2v) is 2.16. The fourth-order valence-corrected chi connectivity index (χ4v) is 0.783. The van der Waals surface area contributed by atoms with Crippen LogP contribution in [0.25, 0.3) is 0 Å². The molecule has 0 aliphatic rings. The Hall–Kier alpha value is -1.52. The number of hydrogen-bond acceptors (Lipinski definition) is 3. The van der Waals surface area contributed by atoms with E-state index in [1.54, 1.807) is 0 Å². The van der Waals surface area contributed by atoms with Crippen molar-refractivity contribution in [3.8, 4) is 0 Å². The highest BCUT2D eigenvalue weighted by molar-refractivity contribution is 5.78. The van der Waals surface area contributed by atoms with Crippen LogP contribution in [0.3, 0.4) is 0 Å². The van der Waals surface area contributed by atoms with E-state index < -0.39 is 6.43 Å². The highest BCUT2D eigenvalue weighted by Crippen LogP contribution is 2.21. The number of nitrogen functional groups attached to an aromatic ring is 1. The molecule has 5 heteroatoms. The van der Waals surface area contributed by atoms with E-state index in [1.165, 1.54) is 0 Å². The van der Waals surface area contributed by atoms with Gasteiger partial charge in [0.05, 0.1) is 0 Å². The highest BCUT2D eigenvalue weighted by atomic mass is 19.3. The molecule has 0 aromatic carbocycles. The second kappa shape index (κ2) is 3.25. The van der Waals surface area contributed by atoms with E-state index in [0.717, 1.165) is 12.3 Å². The highest BCUT2D eigenvalue weighted by Gasteiger charge is 2.12. The maximum atomic E-state index is 12.1. The van der Waals surface area contributed by atoms with Gasteiger partial charge in [0.2, 0.25) is 0 Å². The number of pyridine rings is 1. The number of aldehydes is 1. The first-order valence-corrected chi connectivity index (χ1v) is 3.14. The van der Waals surface area contributed by atoms with E-state index in [-0.39, 0.29) is 16.9 Å². The lowest BCUT2D eigenvalue weighted by atomic mass is 10.1. The Morgan fingerprint density at radius 1 is 1.58 bits per heavy atom. The van der Waals surface area contributed by atoms with Crippen molar-refractivity contribution in [1.82, 2.24) is 4.98 Å².